The van der Waals surface area contributed by atoms with Crippen LogP contribution in [-0.2, 0) is 4.79 Å². The van der Waals surface area contributed by atoms with Crippen molar-refractivity contribution >= 4 is 39.9 Å². The minimum atomic E-state index is -0.0221. The SMILES string of the molecule is Nc1ccc(NC(=O)CCCOc2ccccc2I)cc1. The van der Waals surface area contributed by atoms with Crippen molar-refractivity contribution in [3.8, 4) is 5.75 Å². The highest BCUT2D eigenvalue weighted by Crippen LogP contribution is 2.19. The highest BCUT2D eigenvalue weighted by molar-refractivity contribution is 14.1. The van der Waals surface area contributed by atoms with Crippen molar-refractivity contribution in [2.45, 2.75) is 12.8 Å². The van der Waals surface area contributed by atoms with E-state index in [1.165, 1.54) is 0 Å². The Balaban J connectivity index is 1.70. The lowest BCUT2D eigenvalue weighted by Crippen LogP contribution is -2.12. The largest absolute Gasteiger partial charge is 0.492 e. The van der Waals surface area contributed by atoms with Gasteiger partial charge in [0, 0.05) is 17.8 Å². The average Bonchev–Trinajstić information content (AvgIpc) is 2.48. The van der Waals surface area contributed by atoms with Gasteiger partial charge in [-0.05, 0) is 65.4 Å². The maximum atomic E-state index is 11.8. The number of rotatable bonds is 6. The molecule has 110 valence electrons. The molecule has 0 aromatic heterocycles. The molecule has 0 saturated carbocycles. The van der Waals surface area contributed by atoms with Crippen molar-refractivity contribution in [1.29, 1.82) is 0 Å². The second-order valence-electron chi connectivity index (χ2n) is 4.55. The summed E-state index contributed by atoms with van der Waals surface area (Å²) in [5, 5.41) is 2.83. The summed E-state index contributed by atoms with van der Waals surface area (Å²) in [4.78, 5) is 11.8. The number of halogens is 1. The molecule has 0 aliphatic heterocycles. The van der Waals surface area contributed by atoms with Gasteiger partial charge in [0.15, 0.2) is 0 Å². The molecule has 0 spiro atoms. The van der Waals surface area contributed by atoms with Gasteiger partial charge in [0.05, 0.1) is 10.2 Å². The fraction of sp³-hybridized carbons (Fsp3) is 0.188. The van der Waals surface area contributed by atoms with Crippen LogP contribution in [0, 0.1) is 3.57 Å². The zero-order valence-corrected chi connectivity index (χ0v) is 13.7. The summed E-state index contributed by atoms with van der Waals surface area (Å²) < 4.78 is 6.72. The lowest BCUT2D eigenvalue weighted by Gasteiger charge is -2.08. The first kappa shape index (κ1) is 15.6. The van der Waals surface area contributed by atoms with Crippen molar-refractivity contribution in [3.05, 3.63) is 52.1 Å². The van der Waals surface area contributed by atoms with Gasteiger partial charge in [-0.25, -0.2) is 0 Å². The van der Waals surface area contributed by atoms with Gasteiger partial charge in [0.2, 0.25) is 5.91 Å². The molecule has 2 aromatic rings. The van der Waals surface area contributed by atoms with E-state index >= 15 is 0 Å². The van der Waals surface area contributed by atoms with Gasteiger partial charge in [0.25, 0.3) is 0 Å². The highest BCUT2D eigenvalue weighted by Gasteiger charge is 2.03. The second-order valence-corrected chi connectivity index (χ2v) is 5.71. The van der Waals surface area contributed by atoms with Crippen molar-refractivity contribution in [2.75, 3.05) is 17.7 Å². The number of nitrogen functional groups attached to an aromatic ring is 1. The van der Waals surface area contributed by atoms with E-state index in [0.29, 0.717) is 25.1 Å². The standard InChI is InChI=1S/C16H17IN2O2/c17-14-4-1-2-5-15(14)21-11-3-6-16(20)19-13-9-7-12(18)8-10-13/h1-2,4-5,7-10H,3,6,11,18H2,(H,19,20). The molecular weight excluding hydrogens is 379 g/mol. The van der Waals surface area contributed by atoms with E-state index in [0.717, 1.165) is 15.0 Å². The number of hydrogen-bond acceptors (Lipinski definition) is 3. The van der Waals surface area contributed by atoms with Crippen LogP contribution in [-0.4, -0.2) is 12.5 Å². The third-order valence-corrected chi connectivity index (χ3v) is 3.73. The van der Waals surface area contributed by atoms with E-state index in [9.17, 15) is 4.79 Å². The average molecular weight is 396 g/mol. The summed E-state index contributed by atoms with van der Waals surface area (Å²) in [7, 11) is 0. The van der Waals surface area contributed by atoms with Crippen LogP contribution < -0.4 is 15.8 Å². The van der Waals surface area contributed by atoms with Crippen molar-refractivity contribution in [3.63, 3.8) is 0 Å². The summed E-state index contributed by atoms with van der Waals surface area (Å²) in [5.41, 5.74) is 7.03. The molecule has 4 nitrogen and oxygen atoms in total. The fourth-order valence-electron chi connectivity index (χ4n) is 1.77. The van der Waals surface area contributed by atoms with Gasteiger partial charge in [-0.15, -0.1) is 0 Å². The van der Waals surface area contributed by atoms with E-state index in [-0.39, 0.29) is 5.91 Å². The number of nitrogens with two attached hydrogens (primary N) is 1. The van der Waals surface area contributed by atoms with Crippen molar-refractivity contribution < 1.29 is 9.53 Å². The third-order valence-electron chi connectivity index (χ3n) is 2.84. The number of nitrogens with one attached hydrogen (secondary N) is 1. The Labute approximate surface area is 137 Å². The summed E-state index contributed by atoms with van der Waals surface area (Å²) in [6.45, 7) is 0.523. The van der Waals surface area contributed by atoms with Gasteiger partial charge in [-0.1, -0.05) is 12.1 Å². The van der Waals surface area contributed by atoms with Crippen LogP contribution in [0.1, 0.15) is 12.8 Å². The summed E-state index contributed by atoms with van der Waals surface area (Å²) in [6, 6.07) is 14.9. The molecule has 0 aliphatic carbocycles. The number of amides is 1. The first-order chi connectivity index (χ1) is 10.1. The Morgan fingerprint density at radius 2 is 1.86 bits per heavy atom. The van der Waals surface area contributed by atoms with Gasteiger partial charge in [-0.2, -0.15) is 0 Å². The van der Waals surface area contributed by atoms with E-state index < -0.39 is 0 Å². The first-order valence-corrected chi connectivity index (χ1v) is 7.76. The van der Waals surface area contributed by atoms with Crippen LogP contribution in [0.2, 0.25) is 0 Å². The molecule has 3 N–H and O–H groups in total. The van der Waals surface area contributed by atoms with E-state index in [4.69, 9.17) is 10.5 Å². The van der Waals surface area contributed by atoms with Crippen LogP contribution >= 0.6 is 22.6 Å². The topological polar surface area (TPSA) is 64.3 Å². The number of ether oxygens (including phenoxy) is 1. The number of carbonyl (C=O) groups excluding carboxylic acids is 1. The molecule has 0 bridgehead atoms. The third kappa shape index (κ3) is 5.26. The quantitative estimate of drug-likeness (QED) is 0.445. The second kappa shape index (κ2) is 7.87. The first-order valence-electron chi connectivity index (χ1n) is 6.68. The summed E-state index contributed by atoms with van der Waals surface area (Å²) >= 11 is 2.23. The molecule has 5 heteroatoms. The van der Waals surface area contributed by atoms with E-state index in [1.54, 1.807) is 24.3 Å². The molecule has 0 fully saturated rings. The Morgan fingerprint density at radius 3 is 2.57 bits per heavy atom. The molecule has 0 atom stereocenters. The predicted molar refractivity (Wildman–Crippen MR) is 93.4 cm³/mol. The van der Waals surface area contributed by atoms with E-state index in [1.807, 2.05) is 24.3 Å². The number of benzene rings is 2. The molecule has 0 aliphatic rings. The lowest BCUT2D eigenvalue weighted by molar-refractivity contribution is -0.116. The number of carbonyl (C=O) groups is 1. The molecule has 21 heavy (non-hydrogen) atoms. The maximum Gasteiger partial charge on any atom is 0.224 e. The molecule has 0 unspecified atom stereocenters. The Bertz CT molecular complexity index is 599. The predicted octanol–water partition coefficient (Wildman–Crippen LogP) is 3.67. The highest BCUT2D eigenvalue weighted by atomic mass is 127. The Morgan fingerprint density at radius 1 is 1.14 bits per heavy atom. The van der Waals surface area contributed by atoms with Crippen LogP contribution in [0.4, 0.5) is 11.4 Å². The molecular formula is C16H17IN2O2. The van der Waals surface area contributed by atoms with Crippen LogP contribution in [0.3, 0.4) is 0 Å². The maximum absolute atomic E-state index is 11.8. The minimum Gasteiger partial charge on any atom is -0.492 e. The molecule has 2 aromatic carbocycles. The summed E-state index contributed by atoms with van der Waals surface area (Å²) in [6.07, 6.45) is 1.10. The van der Waals surface area contributed by atoms with Gasteiger partial charge < -0.3 is 15.8 Å². The fourth-order valence-corrected chi connectivity index (χ4v) is 2.31. The van der Waals surface area contributed by atoms with Crippen LogP contribution in [0.5, 0.6) is 5.75 Å². The zero-order valence-electron chi connectivity index (χ0n) is 11.5. The number of hydrogen-bond donors (Lipinski definition) is 2. The van der Waals surface area contributed by atoms with Crippen LogP contribution in [0.15, 0.2) is 48.5 Å². The molecule has 1 amide bonds. The monoisotopic (exact) mass is 396 g/mol. The smallest absolute Gasteiger partial charge is 0.224 e. The van der Waals surface area contributed by atoms with Crippen molar-refractivity contribution in [2.24, 2.45) is 0 Å². The normalized spacial score (nSPS) is 10.1. The number of anilines is 2. The van der Waals surface area contributed by atoms with E-state index in [2.05, 4.69) is 27.9 Å². The Kier molecular flexibility index (Phi) is 5.86. The molecule has 0 saturated heterocycles. The van der Waals surface area contributed by atoms with Gasteiger partial charge in [0.1, 0.15) is 5.75 Å². The molecule has 0 heterocycles. The van der Waals surface area contributed by atoms with Crippen LogP contribution in [0.25, 0.3) is 0 Å². The molecule has 2 rings (SSSR count). The van der Waals surface area contributed by atoms with Crippen molar-refractivity contribution in [1.82, 2.24) is 0 Å². The Hall–Kier alpha value is -1.76. The van der Waals surface area contributed by atoms with Gasteiger partial charge in [-0.3, -0.25) is 4.79 Å². The number of para-hydroxylation sites is 1. The van der Waals surface area contributed by atoms with Gasteiger partial charge >= 0.3 is 0 Å². The minimum absolute atomic E-state index is 0.0221. The summed E-state index contributed by atoms with van der Waals surface area (Å²) in [5.74, 6) is 0.836. The zero-order chi connectivity index (χ0) is 15.1. The lowest BCUT2D eigenvalue weighted by atomic mass is 10.2. The molecule has 0 radical (unpaired) electrons.